The van der Waals surface area contributed by atoms with E-state index in [4.69, 9.17) is 4.52 Å². The van der Waals surface area contributed by atoms with E-state index in [0.717, 1.165) is 32.7 Å². The molecule has 0 bridgehead atoms. The van der Waals surface area contributed by atoms with Gasteiger partial charge < -0.3 is 9.84 Å². The third kappa shape index (κ3) is 5.10. The fourth-order valence-electron chi connectivity index (χ4n) is 2.77. The Kier molecular flexibility index (Phi) is 5.82. The van der Waals surface area contributed by atoms with Gasteiger partial charge in [-0.3, -0.25) is 14.6 Å². The molecule has 25 heavy (non-hydrogen) atoms. The lowest BCUT2D eigenvalue weighted by Gasteiger charge is -2.33. The number of hydrogen-bond acceptors (Lipinski definition) is 7. The highest BCUT2D eigenvalue weighted by molar-refractivity contribution is 7.11. The summed E-state index contributed by atoms with van der Waals surface area (Å²) in [5.74, 6) is 1.65. The molecule has 0 atom stereocenters. The number of carbonyl (C=O) groups excluding carboxylic acids is 1. The molecule has 0 aliphatic carbocycles. The van der Waals surface area contributed by atoms with Gasteiger partial charge in [0.1, 0.15) is 10.8 Å². The highest BCUT2D eigenvalue weighted by Gasteiger charge is 2.20. The predicted octanol–water partition coefficient (Wildman–Crippen LogP) is 2.32. The summed E-state index contributed by atoms with van der Waals surface area (Å²) in [4.78, 5) is 22.5. The second kappa shape index (κ2) is 8.07. The fourth-order valence-corrected chi connectivity index (χ4v) is 3.74. The molecule has 136 valence electrons. The molecule has 0 spiro atoms. The zero-order valence-corrected chi connectivity index (χ0v) is 15.8. The van der Waals surface area contributed by atoms with Gasteiger partial charge in [-0.05, 0) is 12.8 Å². The molecular weight excluding hydrogens is 338 g/mol. The average molecular weight is 363 g/mol. The Bertz CT molecular complexity index is 703. The topological polar surface area (TPSA) is 74.5 Å². The molecule has 3 rings (SSSR count). The van der Waals surface area contributed by atoms with Crippen LogP contribution in [0.3, 0.4) is 0 Å². The van der Waals surface area contributed by atoms with E-state index < -0.39 is 0 Å². The average Bonchev–Trinajstić information content (AvgIpc) is 3.18. The van der Waals surface area contributed by atoms with E-state index in [-0.39, 0.29) is 5.91 Å². The van der Waals surface area contributed by atoms with Crippen LogP contribution in [0.25, 0.3) is 0 Å². The highest BCUT2D eigenvalue weighted by atomic mass is 32.1. The molecular formula is C17H25N5O2S. The first-order valence-corrected chi connectivity index (χ1v) is 9.43. The summed E-state index contributed by atoms with van der Waals surface area (Å²) >= 11 is 1.80. The van der Waals surface area contributed by atoms with E-state index in [2.05, 4.69) is 39.1 Å². The van der Waals surface area contributed by atoms with E-state index >= 15 is 0 Å². The minimum absolute atomic E-state index is 0.0525. The first kappa shape index (κ1) is 18.0. The van der Waals surface area contributed by atoms with Crippen molar-refractivity contribution in [3.05, 3.63) is 27.9 Å². The molecule has 2 aromatic rings. The number of nitrogens with one attached hydrogen (secondary N) is 1. The van der Waals surface area contributed by atoms with Crippen LogP contribution >= 0.6 is 11.3 Å². The van der Waals surface area contributed by atoms with Crippen LogP contribution in [0.5, 0.6) is 0 Å². The zero-order chi connectivity index (χ0) is 17.8. The summed E-state index contributed by atoms with van der Waals surface area (Å²) in [5.41, 5.74) is 0. The van der Waals surface area contributed by atoms with Crippen molar-refractivity contribution >= 4 is 23.1 Å². The summed E-state index contributed by atoms with van der Waals surface area (Å²) in [6.45, 7) is 11.1. The van der Waals surface area contributed by atoms with Gasteiger partial charge in [0.2, 0.25) is 5.91 Å². The van der Waals surface area contributed by atoms with Crippen LogP contribution in [0.15, 0.2) is 16.8 Å². The molecule has 1 amide bonds. The van der Waals surface area contributed by atoms with Crippen LogP contribution in [-0.4, -0.2) is 58.6 Å². The summed E-state index contributed by atoms with van der Waals surface area (Å²) in [6, 6.07) is 1.72. The number of piperazine rings is 1. The molecule has 0 radical (unpaired) electrons. The van der Waals surface area contributed by atoms with Gasteiger partial charge in [0.05, 0.1) is 13.1 Å². The molecule has 1 aliphatic heterocycles. The van der Waals surface area contributed by atoms with E-state index in [1.165, 1.54) is 9.88 Å². The number of anilines is 1. The lowest BCUT2D eigenvalue weighted by molar-refractivity contribution is -0.117. The summed E-state index contributed by atoms with van der Waals surface area (Å²) in [7, 11) is 0. The first-order chi connectivity index (χ1) is 12.0. The van der Waals surface area contributed by atoms with Gasteiger partial charge in [0.15, 0.2) is 5.82 Å². The van der Waals surface area contributed by atoms with Gasteiger partial charge in [-0.25, -0.2) is 4.98 Å². The van der Waals surface area contributed by atoms with Crippen LogP contribution < -0.4 is 5.32 Å². The van der Waals surface area contributed by atoms with Gasteiger partial charge in [-0.15, -0.1) is 11.3 Å². The van der Waals surface area contributed by atoms with Crippen molar-refractivity contribution in [2.24, 2.45) is 0 Å². The summed E-state index contributed by atoms with van der Waals surface area (Å²) in [5, 5.41) is 7.73. The lowest BCUT2D eigenvalue weighted by Crippen LogP contribution is -2.48. The number of hydrogen-bond donors (Lipinski definition) is 1. The van der Waals surface area contributed by atoms with Crippen LogP contribution in [0.1, 0.15) is 35.4 Å². The second-order valence-corrected chi connectivity index (χ2v) is 7.88. The van der Waals surface area contributed by atoms with Crippen molar-refractivity contribution in [1.82, 2.24) is 19.9 Å². The molecule has 3 heterocycles. The van der Waals surface area contributed by atoms with Crippen molar-refractivity contribution < 1.29 is 9.32 Å². The largest absolute Gasteiger partial charge is 0.360 e. The maximum Gasteiger partial charge on any atom is 0.239 e. The Morgan fingerprint density at radius 3 is 2.64 bits per heavy atom. The summed E-state index contributed by atoms with van der Waals surface area (Å²) < 4.78 is 4.95. The van der Waals surface area contributed by atoms with Crippen molar-refractivity contribution in [2.75, 3.05) is 38.0 Å². The number of carbonyl (C=O) groups is 1. The number of nitrogens with zero attached hydrogens (tertiary/aromatic N) is 4. The van der Waals surface area contributed by atoms with Crippen LogP contribution in [0, 0.1) is 6.92 Å². The van der Waals surface area contributed by atoms with E-state index in [1.807, 2.05) is 6.20 Å². The number of rotatable bonds is 6. The van der Waals surface area contributed by atoms with Crippen LogP contribution in [-0.2, 0) is 11.3 Å². The predicted molar refractivity (Wildman–Crippen MR) is 97.8 cm³/mol. The maximum atomic E-state index is 12.1. The quantitative estimate of drug-likeness (QED) is 0.849. The Balaban J connectivity index is 1.41. The minimum atomic E-state index is -0.0525. The molecule has 0 aromatic carbocycles. The zero-order valence-electron chi connectivity index (χ0n) is 15.0. The number of aromatic nitrogens is 2. The molecule has 8 heteroatoms. The Labute approximate surface area is 152 Å². The monoisotopic (exact) mass is 363 g/mol. The maximum absolute atomic E-state index is 12.1. The minimum Gasteiger partial charge on any atom is -0.360 e. The second-order valence-electron chi connectivity index (χ2n) is 6.73. The normalized spacial score (nSPS) is 16.5. The molecule has 2 aromatic heterocycles. The molecule has 1 N–H and O–H groups in total. The number of thiazole rings is 1. The fraction of sp³-hybridized carbons (Fsp3) is 0.588. The Morgan fingerprint density at radius 1 is 1.32 bits per heavy atom. The molecule has 0 unspecified atom stereocenters. The van der Waals surface area contributed by atoms with Gasteiger partial charge in [0, 0.05) is 43.3 Å². The smallest absolute Gasteiger partial charge is 0.239 e. The van der Waals surface area contributed by atoms with Crippen molar-refractivity contribution in [2.45, 2.75) is 33.2 Å². The molecule has 7 nitrogen and oxygen atoms in total. The van der Waals surface area contributed by atoms with Crippen molar-refractivity contribution in [3.63, 3.8) is 0 Å². The molecule has 1 fully saturated rings. The number of amides is 1. The van der Waals surface area contributed by atoms with Gasteiger partial charge >= 0.3 is 0 Å². The molecule has 1 aliphatic rings. The standard InChI is InChI=1S/C17H25N5O2S/c1-12(2)14-9-18-17(25-14)11-22-6-4-21(5-7-22)10-16(23)19-15-8-13(3)24-20-15/h8-9,12H,4-7,10-11H2,1-3H3,(H,19,20,23). The van der Waals surface area contributed by atoms with Gasteiger partial charge in [-0.2, -0.15) is 0 Å². The summed E-state index contributed by atoms with van der Waals surface area (Å²) in [6.07, 6.45) is 2.00. The Hall–Kier alpha value is -1.77. The molecule has 1 saturated heterocycles. The van der Waals surface area contributed by atoms with Gasteiger partial charge in [-0.1, -0.05) is 19.0 Å². The highest BCUT2D eigenvalue weighted by Crippen LogP contribution is 2.23. The van der Waals surface area contributed by atoms with E-state index in [0.29, 0.717) is 24.0 Å². The Morgan fingerprint density at radius 2 is 2.04 bits per heavy atom. The third-order valence-electron chi connectivity index (χ3n) is 4.23. The number of aryl methyl sites for hydroxylation is 1. The van der Waals surface area contributed by atoms with Crippen LogP contribution in [0.4, 0.5) is 5.82 Å². The van der Waals surface area contributed by atoms with Crippen LogP contribution in [0.2, 0.25) is 0 Å². The lowest BCUT2D eigenvalue weighted by atomic mass is 10.2. The van der Waals surface area contributed by atoms with E-state index in [1.54, 1.807) is 24.3 Å². The van der Waals surface area contributed by atoms with Crippen molar-refractivity contribution in [3.8, 4) is 0 Å². The third-order valence-corrected chi connectivity index (χ3v) is 5.51. The molecule has 0 saturated carbocycles. The van der Waals surface area contributed by atoms with E-state index in [9.17, 15) is 4.79 Å². The SMILES string of the molecule is Cc1cc(NC(=O)CN2CCN(Cc3ncc(C(C)C)s3)CC2)no1. The van der Waals surface area contributed by atoms with Gasteiger partial charge in [0.25, 0.3) is 0 Å². The van der Waals surface area contributed by atoms with Crippen molar-refractivity contribution in [1.29, 1.82) is 0 Å². The first-order valence-electron chi connectivity index (χ1n) is 8.62.